The molecule has 2 nitrogen and oxygen atoms in total. The lowest BCUT2D eigenvalue weighted by molar-refractivity contribution is -0.0232. The third-order valence-corrected chi connectivity index (χ3v) is 6.82. The summed E-state index contributed by atoms with van der Waals surface area (Å²) in [7, 11) is 0. The third-order valence-electron chi connectivity index (χ3n) is 6.82. The van der Waals surface area contributed by atoms with Crippen LogP contribution in [0.1, 0.15) is 56.1 Å². The van der Waals surface area contributed by atoms with E-state index in [9.17, 15) is 19.0 Å². The fraction of sp³-hybridized carbons (Fsp3) is 0.667. The first-order valence-electron chi connectivity index (χ1n) is 8.31. The number of phenols is 1. The van der Waals surface area contributed by atoms with Gasteiger partial charge in [-0.25, -0.2) is 4.39 Å². The average Bonchev–Trinajstić information content (AvgIpc) is 2.80. The lowest BCUT2D eigenvalue weighted by atomic mass is 9.55. The van der Waals surface area contributed by atoms with Gasteiger partial charge in [0, 0.05) is 0 Å². The van der Waals surface area contributed by atoms with Crippen molar-refractivity contribution < 1.29 is 19.0 Å². The molecule has 0 amide bonds. The Balaban J connectivity index is 1.78. The summed E-state index contributed by atoms with van der Waals surface area (Å²) in [5.74, 6) is -1.80. The van der Waals surface area contributed by atoms with Crippen LogP contribution in [0.4, 0.5) is 8.78 Å². The lowest BCUT2D eigenvalue weighted by Crippen LogP contribution is -2.44. The molecule has 4 heteroatoms. The van der Waals surface area contributed by atoms with Crippen LogP contribution < -0.4 is 0 Å². The summed E-state index contributed by atoms with van der Waals surface area (Å²) >= 11 is 0. The van der Waals surface area contributed by atoms with Gasteiger partial charge in [-0.15, -0.1) is 0 Å². The first kappa shape index (κ1) is 14.4. The van der Waals surface area contributed by atoms with Gasteiger partial charge >= 0.3 is 0 Å². The van der Waals surface area contributed by atoms with Crippen LogP contribution in [0.25, 0.3) is 0 Å². The number of aliphatic hydroxyl groups excluding tert-OH is 1. The molecule has 2 N–H and O–H groups in total. The minimum Gasteiger partial charge on any atom is -0.505 e. The number of aryl methyl sites for hydroxylation is 1. The quantitative estimate of drug-likeness (QED) is 0.763. The fourth-order valence-corrected chi connectivity index (χ4v) is 5.63. The van der Waals surface area contributed by atoms with Crippen LogP contribution >= 0.6 is 0 Å². The van der Waals surface area contributed by atoms with Crippen LogP contribution in [0.5, 0.6) is 5.75 Å². The minimum absolute atomic E-state index is 0.0298. The maximum Gasteiger partial charge on any atom is 0.200 e. The number of hydrogen-bond acceptors (Lipinski definition) is 2. The highest BCUT2D eigenvalue weighted by atomic mass is 19.2. The second kappa shape index (κ2) is 4.67. The predicted molar refractivity (Wildman–Crippen MR) is 78.6 cm³/mol. The second-order valence-corrected chi connectivity index (χ2v) is 7.65. The fourth-order valence-electron chi connectivity index (χ4n) is 5.63. The molecule has 120 valence electrons. The van der Waals surface area contributed by atoms with E-state index in [4.69, 9.17) is 0 Å². The molecule has 3 aliphatic rings. The molecule has 2 fully saturated rings. The molecule has 5 atom stereocenters. The molecule has 22 heavy (non-hydrogen) atoms. The number of fused-ring (bicyclic) bond motifs is 5. The molecule has 0 saturated heterocycles. The Morgan fingerprint density at radius 2 is 1.91 bits per heavy atom. The molecule has 0 unspecified atom stereocenters. The van der Waals surface area contributed by atoms with Gasteiger partial charge in [-0.05, 0) is 78.9 Å². The zero-order chi connectivity index (χ0) is 15.6. The van der Waals surface area contributed by atoms with Gasteiger partial charge in [0.15, 0.2) is 11.6 Å². The number of halogens is 2. The summed E-state index contributed by atoms with van der Waals surface area (Å²) in [5, 5.41) is 19.9. The summed E-state index contributed by atoms with van der Waals surface area (Å²) < 4.78 is 28.3. The molecular formula is C18H22F2O2. The van der Waals surface area contributed by atoms with E-state index in [0.717, 1.165) is 37.7 Å². The van der Waals surface area contributed by atoms with Crippen molar-refractivity contribution in [1.29, 1.82) is 0 Å². The second-order valence-electron chi connectivity index (χ2n) is 7.65. The summed E-state index contributed by atoms with van der Waals surface area (Å²) in [6.45, 7) is 2.16. The predicted octanol–water partition coefficient (Wildman–Crippen LogP) is 3.89. The van der Waals surface area contributed by atoms with Crippen molar-refractivity contribution in [2.45, 2.75) is 57.5 Å². The summed E-state index contributed by atoms with van der Waals surface area (Å²) in [6, 6.07) is 1.40. The van der Waals surface area contributed by atoms with Crippen molar-refractivity contribution in [2.75, 3.05) is 0 Å². The Bertz CT molecular complexity index is 630. The van der Waals surface area contributed by atoms with E-state index in [1.165, 1.54) is 6.07 Å². The molecular weight excluding hydrogens is 286 g/mol. The Morgan fingerprint density at radius 3 is 2.68 bits per heavy atom. The van der Waals surface area contributed by atoms with E-state index in [-0.39, 0.29) is 17.4 Å². The van der Waals surface area contributed by atoms with Gasteiger partial charge in [0.2, 0.25) is 5.82 Å². The van der Waals surface area contributed by atoms with E-state index >= 15 is 0 Å². The number of aliphatic hydroxyl groups is 1. The van der Waals surface area contributed by atoms with Crippen LogP contribution in [0, 0.1) is 28.9 Å². The number of phenolic OH excluding ortho intramolecular Hbond substituents is 1. The number of rotatable bonds is 0. The first-order valence-corrected chi connectivity index (χ1v) is 8.31. The maximum absolute atomic E-state index is 14.4. The van der Waals surface area contributed by atoms with Gasteiger partial charge in [0.05, 0.1) is 6.10 Å². The molecule has 0 aliphatic heterocycles. The zero-order valence-corrected chi connectivity index (χ0v) is 12.8. The molecule has 0 bridgehead atoms. The molecule has 4 rings (SSSR count). The van der Waals surface area contributed by atoms with Gasteiger partial charge in [-0.3, -0.25) is 0 Å². The number of aromatic hydroxyl groups is 1. The van der Waals surface area contributed by atoms with Crippen LogP contribution in [-0.4, -0.2) is 16.3 Å². The molecule has 1 aromatic rings. The summed E-state index contributed by atoms with van der Waals surface area (Å²) in [5.41, 5.74) is 1.19. The molecule has 0 heterocycles. The topological polar surface area (TPSA) is 40.5 Å². The SMILES string of the molecule is C[C@]12CC[C@@H]3c4c(cc(O)c(F)c4F)CC[C@H]3[C@@H]1CC[C@@H]2O. The smallest absolute Gasteiger partial charge is 0.200 e. The third kappa shape index (κ3) is 1.73. The first-order chi connectivity index (χ1) is 10.4. The monoisotopic (exact) mass is 308 g/mol. The van der Waals surface area contributed by atoms with Crippen molar-refractivity contribution in [1.82, 2.24) is 0 Å². The van der Waals surface area contributed by atoms with Gasteiger partial charge in [0.1, 0.15) is 0 Å². The minimum atomic E-state index is -1.11. The number of hydrogen-bond donors (Lipinski definition) is 2. The summed E-state index contributed by atoms with van der Waals surface area (Å²) in [6.07, 6.45) is 4.82. The van der Waals surface area contributed by atoms with E-state index in [2.05, 4.69) is 6.92 Å². The van der Waals surface area contributed by atoms with Crippen LogP contribution in [0.3, 0.4) is 0 Å². The molecule has 0 spiro atoms. The van der Waals surface area contributed by atoms with Crippen molar-refractivity contribution >= 4 is 0 Å². The Kier molecular flexibility index (Phi) is 3.06. The average molecular weight is 308 g/mol. The number of benzene rings is 1. The molecule has 3 aliphatic carbocycles. The van der Waals surface area contributed by atoms with Gasteiger partial charge in [-0.2, -0.15) is 4.39 Å². The van der Waals surface area contributed by atoms with Crippen molar-refractivity contribution in [3.05, 3.63) is 28.8 Å². The van der Waals surface area contributed by atoms with Crippen molar-refractivity contribution in [3.8, 4) is 5.75 Å². The molecule has 0 radical (unpaired) electrons. The molecule has 2 saturated carbocycles. The standard InChI is InChI=1S/C18H22F2O2/c1-18-7-6-11-10(12(18)4-5-14(18)22)3-2-9-8-13(21)16(19)17(20)15(9)11/h8,10-12,14,21-22H,2-7H2,1H3/t10-,11+,12+,14+,18+/m1/s1. The Hall–Kier alpha value is -1.16. The molecule has 1 aromatic carbocycles. The van der Waals surface area contributed by atoms with Crippen LogP contribution in [-0.2, 0) is 6.42 Å². The van der Waals surface area contributed by atoms with Crippen LogP contribution in [0.2, 0.25) is 0 Å². The zero-order valence-electron chi connectivity index (χ0n) is 12.8. The van der Waals surface area contributed by atoms with E-state index in [0.29, 0.717) is 23.8 Å². The van der Waals surface area contributed by atoms with E-state index < -0.39 is 17.4 Å². The Labute approximate surface area is 129 Å². The van der Waals surface area contributed by atoms with Gasteiger partial charge < -0.3 is 10.2 Å². The van der Waals surface area contributed by atoms with E-state index in [1.807, 2.05) is 0 Å². The maximum atomic E-state index is 14.4. The van der Waals surface area contributed by atoms with Gasteiger partial charge in [-0.1, -0.05) is 6.92 Å². The lowest BCUT2D eigenvalue weighted by Gasteiger charge is -2.50. The highest BCUT2D eigenvalue weighted by Crippen LogP contribution is 2.61. The summed E-state index contributed by atoms with van der Waals surface area (Å²) in [4.78, 5) is 0. The largest absolute Gasteiger partial charge is 0.505 e. The van der Waals surface area contributed by atoms with Crippen molar-refractivity contribution in [2.24, 2.45) is 17.3 Å². The van der Waals surface area contributed by atoms with Crippen LogP contribution in [0.15, 0.2) is 6.07 Å². The highest BCUT2D eigenvalue weighted by molar-refractivity contribution is 5.42. The highest BCUT2D eigenvalue weighted by Gasteiger charge is 2.55. The molecule has 0 aromatic heterocycles. The van der Waals surface area contributed by atoms with Crippen molar-refractivity contribution in [3.63, 3.8) is 0 Å². The Morgan fingerprint density at radius 1 is 1.14 bits per heavy atom. The normalized spacial score (nSPS) is 40.0. The van der Waals surface area contributed by atoms with E-state index in [1.54, 1.807) is 0 Å². The van der Waals surface area contributed by atoms with Gasteiger partial charge in [0.25, 0.3) is 0 Å².